The van der Waals surface area contributed by atoms with Crippen molar-refractivity contribution in [3.05, 3.63) is 52.8 Å². The van der Waals surface area contributed by atoms with E-state index in [1.807, 2.05) is 0 Å². The molecule has 0 atom stereocenters. The summed E-state index contributed by atoms with van der Waals surface area (Å²) in [7, 11) is 0. The fraction of sp³-hybridized carbons (Fsp3) is 0.333. The summed E-state index contributed by atoms with van der Waals surface area (Å²) < 4.78 is 6.70. The summed E-state index contributed by atoms with van der Waals surface area (Å²) in [6.45, 7) is 6.97. The molecule has 0 aliphatic rings. The minimum Gasteiger partial charge on any atom is -0.462 e. The monoisotopic (exact) mass is 258 g/mol. The van der Waals surface area contributed by atoms with Gasteiger partial charge in [-0.15, -0.1) is 0 Å². The number of hydrogen-bond donors (Lipinski definition) is 0. The standard InChI is InChI=1S/C15H18N2O2/c1-4-19-15(18)14-8-16-17(10-14)9-13-7-11(2)5-6-12(13)3/h5-8,10H,4,9H2,1-3H3. The van der Waals surface area contributed by atoms with Crippen LogP contribution in [0.4, 0.5) is 0 Å². The van der Waals surface area contributed by atoms with Gasteiger partial charge in [-0.3, -0.25) is 4.68 Å². The van der Waals surface area contributed by atoms with Crippen LogP contribution in [0.5, 0.6) is 0 Å². The van der Waals surface area contributed by atoms with E-state index in [4.69, 9.17) is 4.74 Å². The summed E-state index contributed by atoms with van der Waals surface area (Å²) in [5, 5.41) is 4.20. The summed E-state index contributed by atoms with van der Waals surface area (Å²) >= 11 is 0. The number of esters is 1. The highest BCUT2D eigenvalue weighted by Gasteiger charge is 2.09. The zero-order valence-electron chi connectivity index (χ0n) is 11.5. The number of nitrogens with zero attached hydrogens (tertiary/aromatic N) is 2. The molecule has 0 aliphatic carbocycles. The number of aryl methyl sites for hydroxylation is 2. The molecule has 4 heteroatoms. The molecule has 0 saturated carbocycles. The van der Waals surface area contributed by atoms with Crippen LogP contribution >= 0.6 is 0 Å². The number of hydrogen-bond acceptors (Lipinski definition) is 3. The minimum absolute atomic E-state index is 0.324. The van der Waals surface area contributed by atoms with Gasteiger partial charge < -0.3 is 4.74 Å². The molecule has 2 rings (SSSR count). The lowest BCUT2D eigenvalue weighted by Crippen LogP contribution is -2.04. The van der Waals surface area contributed by atoms with E-state index in [9.17, 15) is 4.79 Å². The predicted octanol–water partition coefficient (Wildman–Crippen LogP) is 2.72. The van der Waals surface area contributed by atoms with E-state index in [0.29, 0.717) is 18.7 Å². The van der Waals surface area contributed by atoms with E-state index in [0.717, 1.165) is 0 Å². The molecule has 0 aliphatic heterocycles. The molecule has 0 saturated heterocycles. The molecule has 0 bridgehead atoms. The van der Waals surface area contributed by atoms with Crippen LogP contribution in [0.1, 0.15) is 34.0 Å². The Morgan fingerprint density at radius 1 is 1.37 bits per heavy atom. The van der Waals surface area contributed by atoms with Crippen LogP contribution in [-0.4, -0.2) is 22.4 Å². The van der Waals surface area contributed by atoms with Crippen molar-refractivity contribution >= 4 is 5.97 Å². The van der Waals surface area contributed by atoms with Crippen molar-refractivity contribution in [2.45, 2.75) is 27.3 Å². The first kappa shape index (κ1) is 13.3. The fourth-order valence-electron chi connectivity index (χ4n) is 1.92. The minimum atomic E-state index is -0.324. The number of carbonyl (C=O) groups excluding carboxylic acids is 1. The molecule has 0 radical (unpaired) electrons. The van der Waals surface area contributed by atoms with Crippen LogP contribution in [0.2, 0.25) is 0 Å². The third kappa shape index (κ3) is 3.22. The number of rotatable bonds is 4. The Bertz CT molecular complexity index is 588. The van der Waals surface area contributed by atoms with Crippen LogP contribution in [0, 0.1) is 13.8 Å². The zero-order chi connectivity index (χ0) is 13.8. The van der Waals surface area contributed by atoms with Crippen molar-refractivity contribution in [2.24, 2.45) is 0 Å². The molecule has 0 amide bonds. The second kappa shape index (κ2) is 5.69. The molecule has 4 nitrogen and oxygen atoms in total. The molecule has 0 fully saturated rings. The van der Waals surface area contributed by atoms with Crippen molar-refractivity contribution in [3.8, 4) is 0 Å². The zero-order valence-corrected chi connectivity index (χ0v) is 11.5. The lowest BCUT2D eigenvalue weighted by molar-refractivity contribution is 0.0526. The van der Waals surface area contributed by atoms with Gasteiger partial charge in [0.25, 0.3) is 0 Å². The van der Waals surface area contributed by atoms with Crippen molar-refractivity contribution in [1.82, 2.24) is 9.78 Å². The van der Waals surface area contributed by atoms with E-state index in [2.05, 4.69) is 37.1 Å². The molecule has 0 spiro atoms. The average molecular weight is 258 g/mol. The van der Waals surface area contributed by atoms with Crippen molar-refractivity contribution < 1.29 is 9.53 Å². The van der Waals surface area contributed by atoms with Crippen LogP contribution in [0.15, 0.2) is 30.6 Å². The molecule has 19 heavy (non-hydrogen) atoms. The number of ether oxygens (including phenoxy) is 1. The maximum absolute atomic E-state index is 11.6. The molecule has 0 unspecified atom stereocenters. The van der Waals surface area contributed by atoms with E-state index in [-0.39, 0.29) is 5.97 Å². The van der Waals surface area contributed by atoms with Gasteiger partial charge in [0.15, 0.2) is 0 Å². The molecular weight excluding hydrogens is 240 g/mol. The van der Waals surface area contributed by atoms with Gasteiger partial charge in [0.2, 0.25) is 0 Å². The molecule has 1 aromatic heterocycles. The largest absolute Gasteiger partial charge is 0.462 e. The smallest absolute Gasteiger partial charge is 0.341 e. The average Bonchev–Trinajstić information content (AvgIpc) is 2.83. The van der Waals surface area contributed by atoms with Crippen LogP contribution in [0.25, 0.3) is 0 Å². The highest BCUT2D eigenvalue weighted by atomic mass is 16.5. The van der Waals surface area contributed by atoms with Gasteiger partial charge in [-0.1, -0.05) is 23.8 Å². The van der Waals surface area contributed by atoms with Crippen LogP contribution in [0.3, 0.4) is 0 Å². The molecule has 100 valence electrons. The SMILES string of the molecule is CCOC(=O)c1cnn(Cc2cc(C)ccc2C)c1. The molecule has 1 heterocycles. The second-order valence-electron chi connectivity index (χ2n) is 4.58. The highest BCUT2D eigenvalue weighted by molar-refractivity contribution is 5.88. The number of carbonyl (C=O) groups is 1. The number of benzene rings is 1. The lowest BCUT2D eigenvalue weighted by Gasteiger charge is -2.07. The first-order chi connectivity index (χ1) is 9.10. The van der Waals surface area contributed by atoms with Crippen LogP contribution in [-0.2, 0) is 11.3 Å². The Morgan fingerprint density at radius 2 is 2.16 bits per heavy atom. The maximum Gasteiger partial charge on any atom is 0.341 e. The number of aromatic nitrogens is 2. The summed E-state index contributed by atoms with van der Waals surface area (Å²) in [5.74, 6) is -0.324. The Labute approximate surface area is 113 Å². The molecular formula is C15H18N2O2. The second-order valence-corrected chi connectivity index (χ2v) is 4.58. The third-order valence-corrected chi connectivity index (χ3v) is 2.98. The summed E-state index contributed by atoms with van der Waals surface area (Å²) in [5.41, 5.74) is 4.14. The first-order valence-electron chi connectivity index (χ1n) is 6.36. The summed E-state index contributed by atoms with van der Waals surface area (Å²) in [4.78, 5) is 11.6. The predicted molar refractivity (Wildman–Crippen MR) is 73.2 cm³/mol. The Balaban J connectivity index is 2.15. The van der Waals surface area contributed by atoms with Crippen LogP contribution < -0.4 is 0 Å². The molecule has 1 aromatic carbocycles. The lowest BCUT2D eigenvalue weighted by atomic mass is 10.1. The summed E-state index contributed by atoms with van der Waals surface area (Å²) in [6.07, 6.45) is 3.27. The maximum atomic E-state index is 11.6. The van der Waals surface area contributed by atoms with E-state index < -0.39 is 0 Å². The quantitative estimate of drug-likeness (QED) is 0.792. The van der Waals surface area contributed by atoms with Gasteiger partial charge in [0.1, 0.15) is 0 Å². The summed E-state index contributed by atoms with van der Waals surface area (Å²) in [6, 6.07) is 6.33. The van der Waals surface area contributed by atoms with Crippen molar-refractivity contribution in [1.29, 1.82) is 0 Å². The van der Waals surface area contributed by atoms with Gasteiger partial charge >= 0.3 is 5.97 Å². The molecule has 0 N–H and O–H groups in total. The van der Waals surface area contributed by atoms with E-state index in [1.54, 1.807) is 24.0 Å². The normalized spacial score (nSPS) is 10.5. The topological polar surface area (TPSA) is 44.1 Å². The van der Waals surface area contributed by atoms with Gasteiger partial charge in [0, 0.05) is 6.20 Å². The Morgan fingerprint density at radius 3 is 2.89 bits per heavy atom. The van der Waals surface area contributed by atoms with Crippen molar-refractivity contribution in [3.63, 3.8) is 0 Å². The van der Waals surface area contributed by atoms with E-state index >= 15 is 0 Å². The van der Waals surface area contributed by atoms with Gasteiger partial charge in [-0.05, 0) is 31.9 Å². The third-order valence-electron chi connectivity index (χ3n) is 2.98. The Hall–Kier alpha value is -2.10. The van der Waals surface area contributed by atoms with Gasteiger partial charge in [-0.2, -0.15) is 5.10 Å². The highest BCUT2D eigenvalue weighted by Crippen LogP contribution is 2.12. The first-order valence-corrected chi connectivity index (χ1v) is 6.36. The van der Waals surface area contributed by atoms with Gasteiger partial charge in [0.05, 0.1) is 24.9 Å². The fourth-order valence-corrected chi connectivity index (χ4v) is 1.92. The van der Waals surface area contributed by atoms with E-state index in [1.165, 1.54) is 16.7 Å². The molecule has 2 aromatic rings. The van der Waals surface area contributed by atoms with Gasteiger partial charge in [-0.25, -0.2) is 4.79 Å². The van der Waals surface area contributed by atoms with Crippen molar-refractivity contribution in [2.75, 3.05) is 6.61 Å². The Kier molecular flexibility index (Phi) is 4.00.